The lowest BCUT2D eigenvalue weighted by Crippen LogP contribution is -2.38. The van der Waals surface area contributed by atoms with E-state index in [1.807, 2.05) is 39.0 Å². The lowest BCUT2D eigenvalue weighted by atomic mass is 9.78. The number of hydrogen-bond acceptors (Lipinski definition) is 3. The molecule has 0 saturated heterocycles. The standard InChI is InChI=1S/C18H22FNO2/c1-12(2)22-17(21)13(3)14-6-5-9-18(20,11-14)15-7-4-8-16(19)10-15/h4-10,12-13H,11,20H2,1-3H3. The summed E-state index contributed by atoms with van der Waals surface area (Å²) >= 11 is 0. The predicted octanol–water partition coefficient (Wildman–Crippen LogP) is 3.45. The Bertz CT molecular complexity index is 621. The highest BCUT2D eigenvalue weighted by Gasteiger charge is 2.32. The van der Waals surface area contributed by atoms with Crippen LogP contribution in [0.25, 0.3) is 0 Å². The lowest BCUT2D eigenvalue weighted by Gasteiger charge is -2.32. The number of carbonyl (C=O) groups excluding carboxylic acids is 1. The molecule has 22 heavy (non-hydrogen) atoms. The zero-order valence-electron chi connectivity index (χ0n) is 13.2. The molecule has 0 saturated carbocycles. The summed E-state index contributed by atoms with van der Waals surface area (Å²) in [5.41, 5.74) is 7.21. The van der Waals surface area contributed by atoms with Crippen LogP contribution in [0.4, 0.5) is 4.39 Å². The summed E-state index contributed by atoms with van der Waals surface area (Å²) in [5, 5.41) is 0. The third-order valence-corrected chi connectivity index (χ3v) is 3.82. The molecule has 1 aliphatic carbocycles. The molecule has 0 amide bonds. The fourth-order valence-corrected chi connectivity index (χ4v) is 2.56. The molecule has 118 valence electrons. The predicted molar refractivity (Wildman–Crippen MR) is 84.5 cm³/mol. The Kier molecular flexibility index (Phi) is 4.81. The van der Waals surface area contributed by atoms with Gasteiger partial charge in [0.2, 0.25) is 0 Å². The first-order valence-electron chi connectivity index (χ1n) is 7.45. The molecule has 0 aliphatic heterocycles. The van der Waals surface area contributed by atoms with Crippen molar-refractivity contribution >= 4 is 5.97 Å². The largest absolute Gasteiger partial charge is 0.463 e. The molecule has 4 heteroatoms. The highest BCUT2D eigenvalue weighted by atomic mass is 19.1. The van der Waals surface area contributed by atoms with E-state index in [1.165, 1.54) is 12.1 Å². The summed E-state index contributed by atoms with van der Waals surface area (Å²) in [6, 6.07) is 6.26. The summed E-state index contributed by atoms with van der Waals surface area (Å²) in [6.07, 6.45) is 5.85. The second-order valence-electron chi connectivity index (χ2n) is 6.04. The lowest BCUT2D eigenvalue weighted by molar-refractivity contribution is -0.150. The molecule has 0 fully saturated rings. The average molecular weight is 303 g/mol. The molecular weight excluding hydrogens is 281 g/mol. The summed E-state index contributed by atoms with van der Waals surface area (Å²) in [7, 11) is 0. The van der Waals surface area contributed by atoms with E-state index in [0.717, 1.165) is 5.57 Å². The van der Waals surface area contributed by atoms with Crippen LogP contribution < -0.4 is 5.73 Å². The van der Waals surface area contributed by atoms with Gasteiger partial charge in [-0.3, -0.25) is 4.79 Å². The molecule has 2 rings (SSSR count). The van der Waals surface area contributed by atoms with Crippen molar-refractivity contribution in [1.29, 1.82) is 0 Å². The topological polar surface area (TPSA) is 52.3 Å². The van der Waals surface area contributed by atoms with Crippen LogP contribution in [0.15, 0.2) is 48.1 Å². The number of ether oxygens (including phenoxy) is 1. The van der Waals surface area contributed by atoms with Crippen LogP contribution in [0.3, 0.4) is 0 Å². The number of hydrogen-bond donors (Lipinski definition) is 1. The monoisotopic (exact) mass is 303 g/mol. The molecule has 1 aromatic rings. The van der Waals surface area contributed by atoms with Crippen molar-refractivity contribution in [2.75, 3.05) is 0 Å². The van der Waals surface area contributed by atoms with E-state index in [4.69, 9.17) is 10.5 Å². The molecule has 0 spiro atoms. The number of halogens is 1. The van der Waals surface area contributed by atoms with E-state index in [2.05, 4.69) is 0 Å². The van der Waals surface area contributed by atoms with Crippen molar-refractivity contribution in [1.82, 2.24) is 0 Å². The van der Waals surface area contributed by atoms with Crippen LogP contribution in [-0.4, -0.2) is 12.1 Å². The molecule has 1 aromatic carbocycles. The minimum absolute atomic E-state index is 0.152. The van der Waals surface area contributed by atoms with Gasteiger partial charge in [-0.15, -0.1) is 0 Å². The molecule has 2 unspecified atom stereocenters. The first kappa shape index (κ1) is 16.4. The van der Waals surface area contributed by atoms with Crippen molar-refractivity contribution in [3.8, 4) is 0 Å². The maximum Gasteiger partial charge on any atom is 0.313 e. The minimum Gasteiger partial charge on any atom is -0.463 e. The Morgan fingerprint density at radius 3 is 2.73 bits per heavy atom. The van der Waals surface area contributed by atoms with Gasteiger partial charge >= 0.3 is 5.97 Å². The molecular formula is C18H22FNO2. The average Bonchev–Trinajstić information content (AvgIpc) is 2.46. The summed E-state index contributed by atoms with van der Waals surface area (Å²) in [4.78, 5) is 12.1. The number of nitrogens with two attached hydrogens (primary N) is 1. The zero-order chi connectivity index (χ0) is 16.3. The van der Waals surface area contributed by atoms with Gasteiger partial charge < -0.3 is 10.5 Å². The Morgan fingerprint density at radius 1 is 1.36 bits per heavy atom. The van der Waals surface area contributed by atoms with Crippen molar-refractivity contribution in [2.24, 2.45) is 11.7 Å². The highest BCUT2D eigenvalue weighted by molar-refractivity contribution is 5.76. The van der Waals surface area contributed by atoms with Gasteiger partial charge in [-0.05, 0) is 44.9 Å². The van der Waals surface area contributed by atoms with Gasteiger partial charge in [0.25, 0.3) is 0 Å². The van der Waals surface area contributed by atoms with Crippen molar-refractivity contribution in [3.05, 3.63) is 59.4 Å². The first-order valence-corrected chi connectivity index (χ1v) is 7.45. The van der Waals surface area contributed by atoms with Crippen LogP contribution in [-0.2, 0) is 15.1 Å². The fraction of sp³-hybridized carbons (Fsp3) is 0.389. The Labute approximate surface area is 130 Å². The first-order chi connectivity index (χ1) is 10.3. The Morgan fingerprint density at radius 2 is 2.09 bits per heavy atom. The van der Waals surface area contributed by atoms with Gasteiger partial charge in [0.05, 0.1) is 17.6 Å². The summed E-state index contributed by atoms with van der Waals surface area (Å²) in [6.45, 7) is 5.45. The highest BCUT2D eigenvalue weighted by Crippen LogP contribution is 2.34. The molecule has 1 aliphatic rings. The van der Waals surface area contributed by atoms with E-state index < -0.39 is 5.54 Å². The number of esters is 1. The number of benzene rings is 1. The summed E-state index contributed by atoms with van der Waals surface area (Å²) < 4.78 is 18.7. The van der Waals surface area contributed by atoms with E-state index in [-0.39, 0.29) is 23.8 Å². The SMILES string of the molecule is CC(C)OC(=O)C(C)C1=CC=CC(N)(c2cccc(F)c2)C1. The van der Waals surface area contributed by atoms with Crippen LogP contribution in [0.5, 0.6) is 0 Å². The Hall–Kier alpha value is -1.94. The quantitative estimate of drug-likeness (QED) is 0.867. The molecule has 0 heterocycles. The molecule has 2 atom stereocenters. The van der Waals surface area contributed by atoms with Gasteiger partial charge in [0.15, 0.2) is 0 Å². The second kappa shape index (κ2) is 6.44. The summed E-state index contributed by atoms with van der Waals surface area (Å²) in [5.74, 6) is -0.957. The zero-order valence-corrected chi connectivity index (χ0v) is 13.2. The number of carbonyl (C=O) groups is 1. The normalized spacial score (nSPS) is 22.4. The van der Waals surface area contributed by atoms with Gasteiger partial charge in [0, 0.05) is 0 Å². The minimum atomic E-state index is -0.807. The van der Waals surface area contributed by atoms with E-state index in [9.17, 15) is 9.18 Å². The third kappa shape index (κ3) is 3.63. The van der Waals surface area contributed by atoms with E-state index in [0.29, 0.717) is 12.0 Å². The van der Waals surface area contributed by atoms with Crippen LogP contribution in [0, 0.1) is 11.7 Å². The van der Waals surface area contributed by atoms with Gasteiger partial charge in [-0.2, -0.15) is 0 Å². The van der Waals surface area contributed by atoms with Crippen LogP contribution in [0.1, 0.15) is 32.8 Å². The Balaban J connectivity index is 2.20. The third-order valence-electron chi connectivity index (χ3n) is 3.82. The smallest absolute Gasteiger partial charge is 0.313 e. The molecule has 3 nitrogen and oxygen atoms in total. The van der Waals surface area contributed by atoms with Gasteiger partial charge in [-0.25, -0.2) is 4.39 Å². The second-order valence-corrected chi connectivity index (χ2v) is 6.04. The maximum atomic E-state index is 13.5. The molecule has 0 aromatic heterocycles. The molecule has 0 bridgehead atoms. The van der Waals surface area contributed by atoms with Crippen LogP contribution in [0.2, 0.25) is 0 Å². The number of allylic oxidation sites excluding steroid dienone is 2. The van der Waals surface area contributed by atoms with Crippen molar-refractivity contribution in [2.45, 2.75) is 38.8 Å². The van der Waals surface area contributed by atoms with Crippen molar-refractivity contribution < 1.29 is 13.9 Å². The number of rotatable bonds is 4. The molecule has 0 radical (unpaired) electrons. The van der Waals surface area contributed by atoms with E-state index in [1.54, 1.807) is 12.1 Å². The van der Waals surface area contributed by atoms with Gasteiger partial charge in [0.1, 0.15) is 5.82 Å². The van der Waals surface area contributed by atoms with Crippen LogP contribution >= 0.6 is 0 Å². The maximum absolute atomic E-state index is 13.5. The molecule has 2 N–H and O–H groups in total. The van der Waals surface area contributed by atoms with Crippen molar-refractivity contribution in [3.63, 3.8) is 0 Å². The van der Waals surface area contributed by atoms with E-state index >= 15 is 0 Å². The fourth-order valence-electron chi connectivity index (χ4n) is 2.56. The van der Waals surface area contributed by atoms with Gasteiger partial charge in [-0.1, -0.05) is 35.9 Å².